The molecular weight excluding hydrogens is 847 g/mol. The van der Waals surface area contributed by atoms with Crippen LogP contribution in [0.4, 0.5) is 34.1 Å². The molecule has 0 spiro atoms. The Morgan fingerprint density at radius 3 is 1.66 bits per heavy atom. The highest BCUT2D eigenvalue weighted by Crippen LogP contribution is 2.33. The number of carbonyl (C=O) groups excluding carboxylic acids is 6. The van der Waals surface area contributed by atoms with Crippen molar-refractivity contribution in [3.8, 4) is 23.0 Å². The largest absolute Gasteiger partial charge is 0.508 e. The van der Waals surface area contributed by atoms with Crippen LogP contribution in [0.5, 0.6) is 23.0 Å². The molecule has 2 unspecified atom stereocenters. The number of phenolic OH excluding ortho intramolecular Hbond substituents is 4. The molecule has 322 valence electrons. The zero-order valence-electron chi connectivity index (χ0n) is 33.2. The lowest BCUT2D eigenvalue weighted by molar-refractivity contribution is -0.129. The first-order valence-electron chi connectivity index (χ1n) is 18.3. The number of anilines is 6. The fraction of sp³-hybridized carbons (Fsp3) is 0.143. The van der Waals surface area contributed by atoms with Gasteiger partial charge in [-0.25, -0.2) is 0 Å². The van der Waals surface area contributed by atoms with E-state index in [0.29, 0.717) is 16.3 Å². The van der Waals surface area contributed by atoms with Gasteiger partial charge in [-0.2, -0.15) is 0 Å². The van der Waals surface area contributed by atoms with E-state index in [1.807, 2.05) is 0 Å². The van der Waals surface area contributed by atoms with Crippen LogP contribution in [0.3, 0.4) is 0 Å². The van der Waals surface area contributed by atoms with Crippen LogP contribution >= 0.6 is 23.2 Å². The Morgan fingerprint density at radius 1 is 0.500 bits per heavy atom. The van der Waals surface area contributed by atoms with Crippen LogP contribution in [0.25, 0.3) is 0 Å². The summed E-state index contributed by atoms with van der Waals surface area (Å²) < 4.78 is 0. The van der Waals surface area contributed by atoms with Gasteiger partial charge in [-0.15, -0.1) is 0 Å². The molecule has 18 nitrogen and oxygen atoms in total. The first kappa shape index (κ1) is 45.4. The predicted molar refractivity (Wildman–Crippen MR) is 234 cm³/mol. The lowest BCUT2D eigenvalue weighted by Crippen LogP contribution is -2.46. The zero-order chi connectivity index (χ0) is 45.4. The molecule has 0 saturated heterocycles. The van der Waals surface area contributed by atoms with Gasteiger partial charge >= 0.3 is 0 Å². The number of rotatable bonds is 16. The molecule has 0 heterocycles. The van der Waals surface area contributed by atoms with E-state index in [-0.39, 0.29) is 61.8 Å². The molecule has 2 atom stereocenters. The molecule has 0 radical (unpaired) electrons. The minimum absolute atomic E-state index is 0.0430. The summed E-state index contributed by atoms with van der Waals surface area (Å²) in [7, 11) is 0. The predicted octanol–water partition coefficient (Wildman–Crippen LogP) is 5.96. The van der Waals surface area contributed by atoms with Crippen molar-refractivity contribution in [3.05, 3.63) is 117 Å². The van der Waals surface area contributed by atoms with Crippen LogP contribution in [0, 0.1) is 13.8 Å². The second kappa shape index (κ2) is 19.6. The van der Waals surface area contributed by atoms with E-state index in [9.17, 15) is 49.2 Å². The quantitative estimate of drug-likeness (QED) is 0.0236. The molecule has 4 amide bonds. The van der Waals surface area contributed by atoms with Gasteiger partial charge in [0.05, 0.1) is 27.8 Å². The molecular formula is C42H40Cl2N8O10. The fourth-order valence-corrected chi connectivity index (χ4v) is 6.00. The van der Waals surface area contributed by atoms with Crippen LogP contribution in [-0.2, 0) is 19.2 Å². The minimum atomic E-state index is -1.57. The number of hydrogen-bond acceptors (Lipinski definition) is 14. The summed E-state index contributed by atoms with van der Waals surface area (Å²) in [5.74, 6) is -5.62. The van der Waals surface area contributed by atoms with Gasteiger partial charge in [0, 0.05) is 39.7 Å². The Labute approximate surface area is 363 Å². The number of phenols is 4. The highest BCUT2D eigenvalue weighted by atomic mass is 35.5. The molecule has 0 aromatic heterocycles. The molecule has 20 heteroatoms. The Morgan fingerprint density at radius 2 is 1.03 bits per heavy atom. The number of nitrogens with one attached hydrogen (secondary N) is 8. The zero-order valence-corrected chi connectivity index (χ0v) is 34.7. The van der Waals surface area contributed by atoms with Crippen molar-refractivity contribution in [2.24, 2.45) is 0 Å². The number of amides is 4. The number of benzene rings is 5. The third kappa shape index (κ3) is 11.3. The van der Waals surface area contributed by atoms with E-state index < -0.39 is 53.0 Å². The molecule has 0 saturated carbocycles. The van der Waals surface area contributed by atoms with Crippen molar-refractivity contribution >= 4 is 92.5 Å². The van der Waals surface area contributed by atoms with E-state index in [1.54, 1.807) is 32.0 Å². The second-order valence-corrected chi connectivity index (χ2v) is 14.6. The fourth-order valence-electron chi connectivity index (χ4n) is 5.67. The molecule has 0 bridgehead atoms. The van der Waals surface area contributed by atoms with E-state index >= 15 is 0 Å². The van der Waals surface area contributed by atoms with Crippen molar-refractivity contribution in [2.75, 3.05) is 32.1 Å². The molecule has 5 rings (SSSR count). The lowest BCUT2D eigenvalue weighted by atomic mass is 10.1. The third-order valence-corrected chi connectivity index (χ3v) is 9.65. The maximum atomic E-state index is 13.3. The van der Waals surface area contributed by atoms with Gasteiger partial charge in [0.1, 0.15) is 23.0 Å². The maximum absolute atomic E-state index is 13.3. The monoisotopic (exact) mass is 886 g/mol. The summed E-state index contributed by atoms with van der Waals surface area (Å²) in [6, 6.07) is 15.9. The number of aryl methyl sites for hydroxylation is 2. The molecule has 0 aliphatic heterocycles. The number of aromatic hydroxyl groups is 4. The van der Waals surface area contributed by atoms with Crippen LogP contribution < -0.4 is 43.0 Å². The van der Waals surface area contributed by atoms with Crippen molar-refractivity contribution in [1.29, 1.82) is 0 Å². The Balaban J connectivity index is 1.22. The van der Waals surface area contributed by atoms with Crippen LogP contribution in [0.2, 0.25) is 10.0 Å². The van der Waals surface area contributed by atoms with Gasteiger partial charge in [-0.05, 0) is 106 Å². The number of carbonyl (C=O) groups is 6. The molecule has 0 fully saturated rings. The van der Waals surface area contributed by atoms with Crippen LogP contribution in [0.1, 0.15) is 45.7 Å². The van der Waals surface area contributed by atoms with Crippen LogP contribution in [-0.4, -0.2) is 67.7 Å². The smallest absolute Gasteiger partial charge is 0.268 e. The van der Waals surface area contributed by atoms with Crippen LogP contribution in [0.15, 0.2) is 84.9 Å². The summed E-state index contributed by atoms with van der Waals surface area (Å²) in [5.41, 5.74) is 11.5. The molecule has 62 heavy (non-hydrogen) atoms. The van der Waals surface area contributed by atoms with Gasteiger partial charge in [0.25, 0.3) is 23.6 Å². The van der Waals surface area contributed by atoms with Gasteiger partial charge in [-0.3, -0.25) is 50.5 Å². The molecule has 12 N–H and O–H groups in total. The standard InChI is InChI=1S/C42H40Cl2N8O10/c1-19-5-8-25(43)16-28(19)47-39(59)24-7-11-35(57)33(15-24)50-52-41(61)37(21(3)53)45-29-18-36(58)31(13-20(29)2)46-38(22(4)54)42(62)51-49-30-14-23(6-10-27(30)44)40(60)48-32-17-26(55)9-12-34(32)56/h5-18,37-38,45-46,49-50,55-58H,1-4H3,(H,47,59)(H,48,60)(H,51,62)(H,52,61). The summed E-state index contributed by atoms with van der Waals surface area (Å²) in [4.78, 5) is 77.6. The average molecular weight is 888 g/mol. The maximum Gasteiger partial charge on any atom is 0.268 e. The van der Waals surface area contributed by atoms with E-state index in [4.69, 9.17) is 23.2 Å². The first-order valence-corrected chi connectivity index (χ1v) is 19.1. The molecule has 0 aliphatic carbocycles. The van der Waals surface area contributed by atoms with Gasteiger partial charge in [0.15, 0.2) is 23.7 Å². The highest BCUT2D eigenvalue weighted by molar-refractivity contribution is 6.33. The van der Waals surface area contributed by atoms with E-state index in [1.165, 1.54) is 60.7 Å². The lowest BCUT2D eigenvalue weighted by Gasteiger charge is -2.22. The Hall–Kier alpha value is -7.70. The number of hydrogen-bond donors (Lipinski definition) is 12. The molecule has 5 aromatic rings. The SMILES string of the molecule is CC(=O)C(Nc1cc(O)c(NC(C(C)=O)C(=O)NNc2cc(C(=O)Nc3cc(O)ccc3O)ccc2Cl)cc1C)C(=O)NNc1cc(C(=O)Nc2cc(Cl)ccc2C)ccc1O. The second-order valence-electron chi connectivity index (χ2n) is 13.8. The number of ketones is 2. The molecule has 5 aromatic carbocycles. The Bertz CT molecular complexity index is 2430. The third-order valence-electron chi connectivity index (χ3n) is 9.08. The van der Waals surface area contributed by atoms with Gasteiger partial charge < -0.3 is 41.7 Å². The van der Waals surface area contributed by atoms with Crippen molar-refractivity contribution in [3.63, 3.8) is 0 Å². The van der Waals surface area contributed by atoms with Gasteiger partial charge in [-0.1, -0.05) is 29.3 Å². The van der Waals surface area contributed by atoms with Crippen molar-refractivity contribution in [2.45, 2.75) is 39.8 Å². The summed E-state index contributed by atoms with van der Waals surface area (Å²) in [5, 5.41) is 52.2. The summed E-state index contributed by atoms with van der Waals surface area (Å²) in [6.07, 6.45) is 0. The summed E-state index contributed by atoms with van der Waals surface area (Å²) >= 11 is 12.3. The highest BCUT2D eigenvalue weighted by Gasteiger charge is 2.27. The van der Waals surface area contributed by atoms with E-state index in [0.717, 1.165) is 25.5 Å². The minimum Gasteiger partial charge on any atom is -0.508 e. The number of Topliss-reactive ketones (excluding diaryl/α,β-unsaturated/α-hetero) is 2. The number of hydrazine groups is 2. The first-order chi connectivity index (χ1) is 29.3. The number of halogens is 2. The van der Waals surface area contributed by atoms with Crippen molar-refractivity contribution in [1.82, 2.24) is 10.9 Å². The molecule has 0 aliphatic rings. The van der Waals surface area contributed by atoms with Gasteiger partial charge in [0.2, 0.25) is 0 Å². The van der Waals surface area contributed by atoms with E-state index in [2.05, 4.69) is 43.0 Å². The summed E-state index contributed by atoms with van der Waals surface area (Å²) in [6.45, 7) is 5.63. The van der Waals surface area contributed by atoms with Crippen molar-refractivity contribution < 1.29 is 49.2 Å². The Kier molecular flexibility index (Phi) is 14.3. The normalized spacial score (nSPS) is 11.6. The average Bonchev–Trinajstić information content (AvgIpc) is 3.21. The topological polar surface area (TPSA) is 280 Å².